The number of nitrogens with zero attached hydrogens (tertiary/aromatic N) is 3. The van der Waals surface area contributed by atoms with Crippen LogP contribution in [0.2, 0.25) is 0 Å². The number of ether oxygens (including phenoxy) is 1. The van der Waals surface area contributed by atoms with E-state index in [2.05, 4.69) is 5.32 Å². The van der Waals surface area contributed by atoms with Crippen LogP contribution in [-0.4, -0.2) is 50.5 Å². The minimum absolute atomic E-state index is 0.121. The molecule has 1 aliphatic rings. The fourth-order valence-electron chi connectivity index (χ4n) is 4.15. The van der Waals surface area contributed by atoms with Crippen LogP contribution in [0.1, 0.15) is 24.1 Å². The molecule has 0 saturated carbocycles. The Balaban J connectivity index is 1.84. The SMILES string of the molecule is Cc1cc(C(C)Nc2ccc(F)cc2S(C)(=O)=O)c2nc(N3CCOCC3)n(C)c(=O)c2c1. The quantitative estimate of drug-likeness (QED) is 0.608. The standard InChI is InChI=1S/C23H27FN4O4S/c1-14-11-17(15(2)25-19-6-5-16(24)13-20(19)33(4,30)31)21-18(12-14)22(29)27(3)23(26-21)28-7-9-32-10-8-28/h5-6,11-13,15,25H,7-10H2,1-4H3. The number of hydrogen-bond donors (Lipinski definition) is 1. The second kappa shape index (κ2) is 8.75. The lowest BCUT2D eigenvalue weighted by Gasteiger charge is -2.29. The molecule has 1 unspecified atom stereocenters. The zero-order valence-corrected chi connectivity index (χ0v) is 19.9. The summed E-state index contributed by atoms with van der Waals surface area (Å²) in [4.78, 5) is 20.0. The molecule has 0 spiro atoms. The molecule has 2 aromatic carbocycles. The molecule has 33 heavy (non-hydrogen) atoms. The summed E-state index contributed by atoms with van der Waals surface area (Å²) < 4.78 is 45.2. The van der Waals surface area contributed by atoms with E-state index in [1.807, 2.05) is 30.9 Å². The number of sulfone groups is 1. The average Bonchev–Trinajstić information content (AvgIpc) is 2.77. The van der Waals surface area contributed by atoms with Crippen molar-refractivity contribution < 1.29 is 17.5 Å². The third-order valence-corrected chi connectivity index (χ3v) is 6.94. The van der Waals surface area contributed by atoms with Crippen LogP contribution in [0.25, 0.3) is 10.9 Å². The lowest BCUT2D eigenvalue weighted by atomic mass is 10.0. The summed E-state index contributed by atoms with van der Waals surface area (Å²) in [6.07, 6.45) is 1.04. The van der Waals surface area contributed by atoms with E-state index >= 15 is 0 Å². The number of nitrogens with one attached hydrogen (secondary N) is 1. The van der Waals surface area contributed by atoms with Crippen LogP contribution < -0.4 is 15.8 Å². The van der Waals surface area contributed by atoms with E-state index in [9.17, 15) is 17.6 Å². The molecule has 4 rings (SSSR count). The Morgan fingerprint density at radius 1 is 1.18 bits per heavy atom. The van der Waals surface area contributed by atoms with Gasteiger partial charge in [0.25, 0.3) is 5.56 Å². The smallest absolute Gasteiger partial charge is 0.262 e. The van der Waals surface area contributed by atoms with E-state index in [0.29, 0.717) is 48.8 Å². The summed E-state index contributed by atoms with van der Waals surface area (Å²) in [7, 11) is -1.95. The van der Waals surface area contributed by atoms with Crippen molar-refractivity contribution in [1.29, 1.82) is 0 Å². The van der Waals surface area contributed by atoms with Gasteiger partial charge in [0.15, 0.2) is 9.84 Å². The molecule has 1 saturated heterocycles. The zero-order valence-electron chi connectivity index (χ0n) is 19.1. The Kier molecular flexibility index (Phi) is 6.15. The van der Waals surface area contributed by atoms with Crippen molar-refractivity contribution in [2.24, 2.45) is 7.05 Å². The van der Waals surface area contributed by atoms with Crippen molar-refractivity contribution in [2.75, 3.05) is 42.8 Å². The lowest BCUT2D eigenvalue weighted by molar-refractivity contribution is 0.121. The minimum Gasteiger partial charge on any atom is -0.378 e. The van der Waals surface area contributed by atoms with Crippen molar-refractivity contribution in [3.63, 3.8) is 0 Å². The van der Waals surface area contributed by atoms with Gasteiger partial charge in [-0.3, -0.25) is 9.36 Å². The van der Waals surface area contributed by atoms with Crippen LogP contribution in [0.3, 0.4) is 0 Å². The van der Waals surface area contributed by atoms with Gasteiger partial charge in [0, 0.05) is 32.0 Å². The second-order valence-corrected chi connectivity index (χ2v) is 10.4. The van der Waals surface area contributed by atoms with Crippen molar-refractivity contribution in [3.05, 3.63) is 57.6 Å². The number of benzene rings is 2. The number of morpholine rings is 1. The Hall–Kier alpha value is -2.98. The largest absolute Gasteiger partial charge is 0.378 e. The van der Waals surface area contributed by atoms with Gasteiger partial charge < -0.3 is 15.0 Å². The van der Waals surface area contributed by atoms with E-state index in [0.717, 1.165) is 23.4 Å². The molecule has 3 aromatic rings. The van der Waals surface area contributed by atoms with Crippen LogP contribution in [-0.2, 0) is 21.6 Å². The van der Waals surface area contributed by atoms with E-state index in [-0.39, 0.29) is 10.5 Å². The fraction of sp³-hybridized carbons (Fsp3) is 0.391. The maximum Gasteiger partial charge on any atom is 0.262 e. The third kappa shape index (κ3) is 4.58. The van der Waals surface area contributed by atoms with Crippen molar-refractivity contribution in [1.82, 2.24) is 9.55 Å². The minimum atomic E-state index is -3.66. The van der Waals surface area contributed by atoms with Crippen LogP contribution >= 0.6 is 0 Å². The van der Waals surface area contributed by atoms with E-state index in [4.69, 9.17) is 9.72 Å². The summed E-state index contributed by atoms with van der Waals surface area (Å²) in [5.74, 6) is -0.0679. The van der Waals surface area contributed by atoms with Gasteiger partial charge in [0.2, 0.25) is 5.95 Å². The molecule has 176 valence electrons. The first kappa shape index (κ1) is 23.2. The topological polar surface area (TPSA) is 93.5 Å². The Morgan fingerprint density at radius 2 is 1.88 bits per heavy atom. The summed E-state index contributed by atoms with van der Waals surface area (Å²) in [6, 6.07) is 6.95. The Morgan fingerprint density at radius 3 is 2.55 bits per heavy atom. The summed E-state index contributed by atoms with van der Waals surface area (Å²) >= 11 is 0. The predicted octanol–water partition coefficient (Wildman–Crippen LogP) is 2.79. The first-order chi connectivity index (χ1) is 15.6. The van der Waals surface area contributed by atoms with Gasteiger partial charge in [-0.2, -0.15) is 0 Å². The predicted molar refractivity (Wildman–Crippen MR) is 126 cm³/mol. The number of aryl methyl sites for hydroxylation is 1. The van der Waals surface area contributed by atoms with Crippen molar-refractivity contribution in [2.45, 2.75) is 24.8 Å². The van der Waals surface area contributed by atoms with E-state index in [1.165, 1.54) is 12.1 Å². The van der Waals surface area contributed by atoms with Crippen LogP contribution in [0.5, 0.6) is 0 Å². The molecule has 0 aliphatic carbocycles. The number of hydrogen-bond acceptors (Lipinski definition) is 7. The number of halogens is 1. The molecule has 10 heteroatoms. The number of anilines is 2. The molecule has 2 heterocycles. The van der Waals surface area contributed by atoms with Gasteiger partial charge in [-0.1, -0.05) is 6.07 Å². The highest BCUT2D eigenvalue weighted by Crippen LogP contribution is 2.30. The zero-order chi connectivity index (χ0) is 23.9. The highest BCUT2D eigenvalue weighted by atomic mass is 32.2. The normalized spacial score (nSPS) is 15.6. The monoisotopic (exact) mass is 474 g/mol. The molecule has 0 bridgehead atoms. The van der Waals surface area contributed by atoms with Gasteiger partial charge in [-0.05, 0) is 43.7 Å². The number of aromatic nitrogens is 2. The first-order valence-corrected chi connectivity index (χ1v) is 12.6. The van der Waals surface area contributed by atoms with Gasteiger partial charge >= 0.3 is 0 Å². The second-order valence-electron chi connectivity index (χ2n) is 8.40. The summed E-state index contributed by atoms with van der Waals surface area (Å²) in [5, 5.41) is 3.67. The maximum absolute atomic E-state index is 13.7. The molecular formula is C23H27FN4O4S. The Labute approximate surface area is 191 Å². The molecule has 1 fully saturated rings. The molecule has 1 atom stereocenters. The van der Waals surface area contributed by atoms with Gasteiger partial charge in [0.05, 0.1) is 40.7 Å². The molecular weight excluding hydrogens is 447 g/mol. The fourth-order valence-corrected chi connectivity index (χ4v) is 5.00. The van der Waals surface area contributed by atoms with E-state index in [1.54, 1.807) is 11.6 Å². The molecule has 0 amide bonds. The molecule has 1 aromatic heterocycles. The molecule has 8 nitrogen and oxygen atoms in total. The lowest BCUT2D eigenvalue weighted by Crippen LogP contribution is -2.40. The van der Waals surface area contributed by atoms with Gasteiger partial charge in [-0.15, -0.1) is 0 Å². The first-order valence-electron chi connectivity index (χ1n) is 10.7. The number of fused-ring (bicyclic) bond motifs is 1. The summed E-state index contributed by atoms with van der Waals surface area (Å²) in [5.41, 5.74) is 2.32. The van der Waals surface area contributed by atoms with Gasteiger partial charge in [0.1, 0.15) is 5.82 Å². The highest BCUT2D eigenvalue weighted by molar-refractivity contribution is 7.90. The van der Waals surface area contributed by atoms with Crippen molar-refractivity contribution >= 4 is 32.4 Å². The molecule has 0 radical (unpaired) electrons. The summed E-state index contributed by atoms with van der Waals surface area (Å²) in [6.45, 7) is 6.14. The van der Waals surface area contributed by atoms with Crippen LogP contribution in [0.15, 0.2) is 40.0 Å². The third-order valence-electron chi connectivity index (χ3n) is 5.81. The van der Waals surface area contributed by atoms with Crippen molar-refractivity contribution in [3.8, 4) is 0 Å². The average molecular weight is 475 g/mol. The van der Waals surface area contributed by atoms with Crippen LogP contribution in [0, 0.1) is 12.7 Å². The molecule has 1 aliphatic heterocycles. The Bertz CT molecular complexity index is 1380. The highest BCUT2D eigenvalue weighted by Gasteiger charge is 2.22. The maximum atomic E-state index is 13.7. The molecule has 1 N–H and O–H groups in total. The van der Waals surface area contributed by atoms with Crippen LogP contribution in [0.4, 0.5) is 16.0 Å². The van der Waals surface area contributed by atoms with E-state index < -0.39 is 21.7 Å². The number of rotatable bonds is 5. The van der Waals surface area contributed by atoms with Gasteiger partial charge in [-0.25, -0.2) is 17.8 Å².